The molecule has 0 aliphatic carbocycles. The van der Waals surface area contributed by atoms with E-state index in [4.69, 9.17) is 11.5 Å². The van der Waals surface area contributed by atoms with Crippen LogP contribution in [0.5, 0.6) is 0 Å². The molecule has 0 atom stereocenters. The molecular weight excluding hydrogens is 100 g/mol. The molecule has 8 heavy (non-hydrogen) atoms. The Morgan fingerprint density at radius 1 is 1.62 bits per heavy atom. The molecule has 0 aliphatic heterocycles. The lowest BCUT2D eigenvalue weighted by atomic mass is 10.3. The summed E-state index contributed by atoms with van der Waals surface area (Å²) in [6.07, 6.45) is 5.93. The van der Waals surface area contributed by atoms with Crippen LogP contribution in [-0.4, -0.2) is 0 Å². The molecule has 0 aromatic rings. The van der Waals surface area contributed by atoms with Crippen LogP contribution in [0.2, 0.25) is 0 Å². The minimum Gasteiger partial charge on any atom is -0.405 e. The molecule has 0 heterocycles. The number of rotatable bonds is 2. The molecule has 0 aromatic carbocycles. The smallest absolute Gasteiger partial charge is 0.00761 e. The van der Waals surface area contributed by atoms with E-state index in [0.29, 0.717) is 0 Å². The minimum absolute atomic E-state index is 0.757. The van der Waals surface area contributed by atoms with Crippen LogP contribution < -0.4 is 11.5 Å². The van der Waals surface area contributed by atoms with Gasteiger partial charge >= 0.3 is 0 Å². The van der Waals surface area contributed by atoms with Gasteiger partial charge in [-0.05, 0) is 13.1 Å². The summed E-state index contributed by atoms with van der Waals surface area (Å²) in [4.78, 5) is 0. The highest BCUT2D eigenvalue weighted by Crippen LogP contribution is 1.90. The average molecular weight is 112 g/mol. The van der Waals surface area contributed by atoms with Crippen molar-refractivity contribution in [2.75, 3.05) is 0 Å². The van der Waals surface area contributed by atoms with Crippen LogP contribution in [0.1, 0.15) is 13.3 Å². The van der Waals surface area contributed by atoms with Gasteiger partial charge in [-0.1, -0.05) is 12.2 Å². The van der Waals surface area contributed by atoms with Crippen molar-refractivity contribution in [3.8, 4) is 0 Å². The first-order valence-electron chi connectivity index (χ1n) is 2.58. The van der Waals surface area contributed by atoms with Crippen LogP contribution in [0.15, 0.2) is 24.0 Å². The molecule has 0 unspecified atom stereocenters. The number of hydrogen-bond donors (Lipinski definition) is 2. The first-order valence-corrected chi connectivity index (χ1v) is 2.58. The molecule has 0 radical (unpaired) electrons. The second-order valence-corrected chi connectivity index (χ2v) is 1.50. The van der Waals surface area contributed by atoms with Crippen molar-refractivity contribution in [1.82, 2.24) is 0 Å². The average Bonchev–Trinajstić information content (AvgIpc) is 1.83. The highest BCUT2D eigenvalue weighted by molar-refractivity contribution is 5.00. The Morgan fingerprint density at radius 2 is 2.25 bits per heavy atom. The molecule has 0 bridgehead atoms. The van der Waals surface area contributed by atoms with Crippen molar-refractivity contribution in [2.45, 2.75) is 13.3 Å². The van der Waals surface area contributed by atoms with Gasteiger partial charge in [0.25, 0.3) is 0 Å². The largest absolute Gasteiger partial charge is 0.405 e. The minimum atomic E-state index is 0.757. The molecule has 0 rings (SSSR count). The predicted molar refractivity (Wildman–Crippen MR) is 35.9 cm³/mol. The summed E-state index contributed by atoms with van der Waals surface area (Å²) in [6, 6.07) is 0. The highest BCUT2D eigenvalue weighted by Gasteiger charge is 1.78. The third-order valence-electron chi connectivity index (χ3n) is 0.860. The van der Waals surface area contributed by atoms with Crippen molar-refractivity contribution in [1.29, 1.82) is 0 Å². The van der Waals surface area contributed by atoms with Crippen molar-refractivity contribution in [2.24, 2.45) is 11.5 Å². The fourth-order valence-electron chi connectivity index (χ4n) is 0.322. The van der Waals surface area contributed by atoms with E-state index in [1.807, 2.05) is 19.1 Å². The summed E-state index contributed by atoms with van der Waals surface area (Å²) in [6.45, 7) is 1.90. The standard InChI is InChI=1S/C6H12N2/c1-2-6(8)4-3-5-7/h2-3,5H,4,7-8H2,1H3. The zero-order valence-electron chi connectivity index (χ0n) is 5.09. The van der Waals surface area contributed by atoms with Crippen molar-refractivity contribution >= 4 is 0 Å². The third-order valence-corrected chi connectivity index (χ3v) is 0.860. The summed E-state index contributed by atoms with van der Waals surface area (Å²) in [7, 11) is 0. The fourth-order valence-corrected chi connectivity index (χ4v) is 0.322. The monoisotopic (exact) mass is 112 g/mol. The van der Waals surface area contributed by atoms with Crippen LogP contribution in [0, 0.1) is 0 Å². The van der Waals surface area contributed by atoms with Crippen LogP contribution in [0.3, 0.4) is 0 Å². The van der Waals surface area contributed by atoms with E-state index in [9.17, 15) is 0 Å². The lowest BCUT2D eigenvalue weighted by molar-refractivity contribution is 1.15. The molecule has 0 saturated heterocycles. The molecule has 0 spiro atoms. The van der Waals surface area contributed by atoms with Gasteiger partial charge < -0.3 is 11.5 Å². The summed E-state index contributed by atoms with van der Waals surface area (Å²) < 4.78 is 0. The van der Waals surface area contributed by atoms with Crippen molar-refractivity contribution < 1.29 is 0 Å². The quantitative estimate of drug-likeness (QED) is 0.552. The van der Waals surface area contributed by atoms with E-state index in [1.165, 1.54) is 6.20 Å². The van der Waals surface area contributed by atoms with Crippen LogP contribution in [0.25, 0.3) is 0 Å². The maximum Gasteiger partial charge on any atom is 0.00761 e. The molecular formula is C6H12N2. The van der Waals surface area contributed by atoms with Gasteiger partial charge in [0.05, 0.1) is 0 Å². The van der Waals surface area contributed by atoms with Gasteiger partial charge in [-0.3, -0.25) is 0 Å². The molecule has 0 aliphatic rings. The summed E-state index contributed by atoms with van der Waals surface area (Å²) in [5.74, 6) is 0. The molecule has 46 valence electrons. The molecule has 2 heteroatoms. The Balaban J connectivity index is 3.40. The fraction of sp³-hybridized carbons (Fsp3) is 0.333. The predicted octanol–water partition coefficient (Wildman–Crippen LogP) is 0.711. The Hall–Kier alpha value is -0.920. The van der Waals surface area contributed by atoms with Crippen LogP contribution in [-0.2, 0) is 0 Å². The number of allylic oxidation sites excluding steroid dienone is 2. The first kappa shape index (κ1) is 7.08. The Labute approximate surface area is 49.9 Å². The summed E-state index contributed by atoms with van der Waals surface area (Å²) in [5.41, 5.74) is 11.3. The van der Waals surface area contributed by atoms with Gasteiger partial charge in [0.2, 0.25) is 0 Å². The topological polar surface area (TPSA) is 52.0 Å². The Morgan fingerprint density at radius 3 is 2.62 bits per heavy atom. The zero-order chi connectivity index (χ0) is 6.41. The molecule has 2 nitrogen and oxygen atoms in total. The molecule has 0 amide bonds. The molecule has 0 saturated carbocycles. The lowest BCUT2D eigenvalue weighted by Crippen LogP contribution is -1.93. The molecule has 4 N–H and O–H groups in total. The van der Waals surface area contributed by atoms with Gasteiger partial charge in [0.1, 0.15) is 0 Å². The van der Waals surface area contributed by atoms with E-state index in [2.05, 4.69) is 0 Å². The van der Waals surface area contributed by atoms with E-state index in [1.54, 1.807) is 0 Å². The van der Waals surface area contributed by atoms with Crippen LogP contribution >= 0.6 is 0 Å². The van der Waals surface area contributed by atoms with Gasteiger partial charge in [-0.2, -0.15) is 0 Å². The van der Waals surface area contributed by atoms with E-state index < -0.39 is 0 Å². The lowest BCUT2D eigenvalue weighted by Gasteiger charge is -1.89. The second kappa shape index (κ2) is 4.24. The molecule has 0 aromatic heterocycles. The maximum absolute atomic E-state index is 5.41. The van der Waals surface area contributed by atoms with E-state index >= 15 is 0 Å². The summed E-state index contributed by atoms with van der Waals surface area (Å²) >= 11 is 0. The van der Waals surface area contributed by atoms with Gasteiger partial charge in [-0.15, -0.1) is 0 Å². The molecule has 0 fully saturated rings. The second-order valence-electron chi connectivity index (χ2n) is 1.50. The first-order chi connectivity index (χ1) is 3.81. The number of hydrogen-bond acceptors (Lipinski definition) is 2. The van der Waals surface area contributed by atoms with E-state index in [0.717, 1.165) is 12.1 Å². The van der Waals surface area contributed by atoms with Gasteiger partial charge in [0.15, 0.2) is 0 Å². The Kier molecular flexibility index (Phi) is 3.76. The summed E-state index contributed by atoms with van der Waals surface area (Å²) in [5, 5.41) is 0. The SMILES string of the molecule is CC=C(N)CC=CN. The third kappa shape index (κ3) is 3.28. The maximum atomic E-state index is 5.41. The highest BCUT2D eigenvalue weighted by atomic mass is 14.6. The van der Waals surface area contributed by atoms with Crippen LogP contribution in [0.4, 0.5) is 0 Å². The van der Waals surface area contributed by atoms with Crippen molar-refractivity contribution in [3.63, 3.8) is 0 Å². The van der Waals surface area contributed by atoms with Gasteiger partial charge in [-0.25, -0.2) is 0 Å². The van der Waals surface area contributed by atoms with Crippen molar-refractivity contribution in [3.05, 3.63) is 24.0 Å². The Bertz CT molecular complexity index is 103. The van der Waals surface area contributed by atoms with Gasteiger partial charge in [0, 0.05) is 12.1 Å². The number of nitrogens with two attached hydrogens (primary N) is 2. The normalized spacial score (nSPS) is 12.9. The zero-order valence-corrected chi connectivity index (χ0v) is 5.09. The van der Waals surface area contributed by atoms with E-state index in [-0.39, 0.29) is 0 Å².